The van der Waals surface area contributed by atoms with Gasteiger partial charge >= 0.3 is 0 Å². The highest BCUT2D eigenvalue weighted by molar-refractivity contribution is 4.96. The van der Waals surface area contributed by atoms with Gasteiger partial charge in [-0.2, -0.15) is 0 Å². The number of aromatic nitrogens is 2. The number of ether oxygens (including phenoxy) is 1. The fourth-order valence-electron chi connectivity index (χ4n) is 2.25. The second-order valence-electron chi connectivity index (χ2n) is 6.74. The lowest BCUT2D eigenvalue weighted by Gasteiger charge is -2.33. The molecule has 1 atom stereocenters. The maximum absolute atomic E-state index is 5.77. The van der Waals surface area contributed by atoms with Gasteiger partial charge in [-0.25, -0.2) is 0 Å². The summed E-state index contributed by atoms with van der Waals surface area (Å²) in [5, 5.41) is 8.29. The molecule has 0 radical (unpaired) electrons. The van der Waals surface area contributed by atoms with Crippen LogP contribution in [0.3, 0.4) is 0 Å². The first-order valence-corrected chi connectivity index (χ1v) is 7.16. The minimum atomic E-state index is -0.0935. The maximum Gasteiger partial charge on any atom is 0.230 e. The van der Waals surface area contributed by atoms with E-state index in [0.29, 0.717) is 18.3 Å². The van der Waals surface area contributed by atoms with Crippen LogP contribution in [0, 0.1) is 0 Å². The van der Waals surface area contributed by atoms with Gasteiger partial charge in [0.2, 0.25) is 11.8 Å². The Morgan fingerprint density at radius 2 is 2.05 bits per heavy atom. The molecule has 0 saturated carbocycles. The van der Waals surface area contributed by atoms with Gasteiger partial charge in [0.25, 0.3) is 0 Å². The average Bonchev–Trinajstić information content (AvgIpc) is 2.76. The van der Waals surface area contributed by atoms with Crippen molar-refractivity contribution in [2.45, 2.75) is 38.8 Å². The molecule has 1 aliphatic rings. The van der Waals surface area contributed by atoms with Crippen molar-refractivity contribution in [1.29, 1.82) is 0 Å². The van der Waals surface area contributed by atoms with E-state index in [1.807, 2.05) is 0 Å². The van der Waals surface area contributed by atoms with E-state index in [-0.39, 0.29) is 11.5 Å². The predicted molar refractivity (Wildman–Crippen MR) is 76.6 cm³/mol. The van der Waals surface area contributed by atoms with Gasteiger partial charge in [-0.05, 0) is 14.1 Å². The zero-order chi connectivity index (χ0) is 14.8. The first kappa shape index (κ1) is 15.4. The van der Waals surface area contributed by atoms with Crippen LogP contribution in [0.25, 0.3) is 0 Å². The number of hydrogen-bond donors (Lipinski definition) is 0. The van der Waals surface area contributed by atoms with E-state index in [1.165, 1.54) is 0 Å². The molecule has 0 amide bonds. The SMILES string of the molecule is CN(C)C[C@H]1CN(Cc2nnc(C(C)(C)C)o2)CCO1. The molecular weight excluding hydrogens is 256 g/mol. The molecule has 114 valence electrons. The first-order chi connectivity index (χ1) is 9.34. The molecule has 0 N–H and O–H groups in total. The van der Waals surface area contributed by atoms with Crippen LogP contribution in [-0.2, 0) is 16.7 Å². The van der Waals surface area contributed by atoms with E-state index in [0.717, 1.165) is 26.2 Å². The molecule has 1 saturated heterocycles. The van der Waals surface area contributed by atoms with Crippen molar-refractivity contribution in [3.63, 3.8) is 0 Å². The van der Waals surface area contributed by atoms with Crippen molar-refractivity contribution in [3.05, 3.63) is 11.8 Å². The van der Waals surface area contributed by atoms with Crippen molar-refractivity contribution in [1.82, 2.24) is 20.0 Å². The van der Waals surface area contributed by atoms with Crippen LogP contribution in [-0.4, -0.2) is 66.4 Å². The molecular formula is C14H26N4O2. The topological polar surface area (TPSA) is 54.6 Å². The Morgan fingerprint density at radius 1 is 1.30 bits per heavy atom. The normalized spacial score (nSPS) is 21.6. The van der Waals surface area contributed by atoms with Crippen LogP contribution in [0.2, 0.25) is 0 Å². The summed E-state index contributed by atoms with van der Waals surface area (Å²) < 4.78 is 11.5. The third-order valence-electron chi connectivity index (χ3n) is 3.26. The lowest BCUT2D eigenvalue weighted by molar-refractivity contribution is -0.0427. The molecule has 2 heterocycles. The fourth-order valence-corrected chi connectivity index (χ4v) is 2.25. The Labute approximate surface area is 121 Å². The Morgan fingerprint density at radius 3 is 2.65 bits per heavy atom. The highest BCUT2D eigenvalue weighted by Gasteiger charge is 2.25. The van der Waals surface area contributed by atoms with Crippen LogP contribution in [0.15, 0.2) is 4.42 Å². The van der Waals surface area contributed by atoms with Gasteiger partial charge in [0.05, 0.1) is 19.3 Å². The number of likely N-dealkylation sites (N-methyl/N-ethyl adjacent to an activating group) is 1. The van der Waals surface area contributed by atoms with Gasteiger partial charge in [0.15, 0.2) is 0 Å². The van der Waals surface area contributed by atoms with E-state index in [2.05, 4.69) is 54.9 Å². The average molecular weight is 282 g/mol. The number of nitrogens with zero attached hydrogens (tertiary/aromatic N) is 4. The van der Waals surface area contributed by atoms with E-state index in [4.69, 9.17) is 9.15 Å². The summed E-state index contributed by atoms with van der Waals surface area (Å²) >= 11 is 0. The first-order valence-electron chi connectivity index (χ1n) is 7.16. The standard InChI is InChI=1S/C14H26N4O2/c1-14(2,3)13-16-15-12(20-13)10-18-6-7-19-11(9-18)8-17(4)5/h11H,6-10H2,1-5H3/t11-/m0/s1. The summed E-state index contributed by atoms with van der Waals surface area (Å²) in [5.74, 6) is 1.39. The van der Waals surface area contributed by atoms with Crippen LogP contribution in [0.5, 0.6) is 0 Å². The largest absolute Gasteiger partial charge is 0.423 e. The maximum atomic E-state index is 5.77. The van der Waals surface area contributed by atoms with Gasteiger partial charge in [-0.3, -0.25) is 4.90 Å². The molecule has 20 heavy (non-hydrogen) atoms. The molecule has 0 bridgehead atoms. The molecule has 0 aromatic carbocycles. The fraction of sp³-hybridized carbons (Fsp3) is 0.857. The predicted octanol–water partition coefficient (Wildman–Crippen LogP) is 1.13. The number of hydrogen-bond acceptors (Lipinski definition) is 6. The van der Waals surface area contributed by atoms with Gasteiger partial charge < -0.3 is 14.1 Å². The highest BCUT2D eigenvalue weighted by Crippen LogP contribution is 2.21. The van der Waals surface area contributed by atoms with Crippen molar-refractivity contribution in [3.8, 4) is 0 Å². The molecule has 1 aliphatic heterocycles. The molecule has 0 unspecified atom stereocenters. The molecule has 2 rings (SSSR count). The Bertz CT molecular complexity index is 425. The third kappa shape index (κ3) is 4.26. The smallest absolute Gasteiger partial charge is 0.230 e. The van der Waals surface area contributed by atoms with E-state index < -0.39 is 0 Å². The Balaban J connectivity index is 1.91. The Kier molecular flexibility index (Phi) is 4.78. The minimum Gasteiger partial charge on any atom is -0.423 e. The Hall–Kier alpha value is -0.980. The van der Waals surface area contributed by atoms with Crippen molar-refractivity contribution < 1.29 is 9.15 Å². The number of rotatable bonds is 4. The second-order valence-corrected chi connectivity index (χ2v) is 6.74. The van der Waals surface area contributed by atoms with Crippen LogP contribution in [0.4, 0.5) is 0 Å². The molecule has 1 fully saturated rings. The summed E-state index contributed by atoms with van der Waals surface area (Å²) in [7, 11) is 4.13. The zero-order valence-corrected chi connectivity index (χ0v) is 13.2. The van der Waals surface area contributed by atoms with Crippen LogP contribution >= 0.6 is 0 Å². The zero-order valence-electron chi connectivity index (χ0n) is 13.2. The van der Waals surface area contributed by atoms with Gasteiger partial charge in [-0.1, -0.05) is 20.8 Å². The summed E-state index contributed by atoms with van der Waals surface area (Å²) in [4.78, 5) is 4.47. The quantitative estimate of drug-likeness (QED) is 0.825. The highest BCUT2D eigenvalue weighted by atomic mass is 16.5. The molecule has 1 aromatic heterocycles. The van der Waals surface area contributed by atoms with Crippen molar-refractivity contribution in [2.24, 2.45) is 0 Å². The van der Waals surface area contributed by atoms with Gasteiger partial charge in [0, 0.05) is 25.0 Å². The second kappa shape index (κ2) is 6.20. The van der Waals surface area contributed by atoms with Crippen LogP contribution in [0.1, 0.15) is 32.6 Å². The summed E-state index contributed by atoms with van der Waals surface area (Å²) in [6.07, 6.45) is 0.253. The summed E-state index contributed by atoms with van der Waals surface area (Å²) in [5.41, 5.74) is -0.0935. The molecule has 6 heteroatoms. The lowest BCUT2D eigenvalue weighted by atomic mass is 9.97. The van der Waals surface area contributed by atoms with Gasteiger partial charge in [-0.15, -0.1) is 10.2 Å². The van der Waals surface area contributed by atoms with Crippen molar-refractivity contribution >= 4 is 0 Å². The third-order valence-corrected chi connectivity index (χ3v) is 3.26. The van der Waals surface area contributed by atoms with Crippen molar-refractivity contribution in [2.75, 3.05) is 40.3 Å². The molecule has 0 aliphatic carbocycles. The molecule has 6 nitrogen and oxygen atoms in total. The van der Waals surface area contributed by atoms with E-state index >= 15 is 0 Å². The van der Waals surface area contributed by atoms with E-state index in [1.54, 1.807) is 0 Å². The minimum absolute atomic E-state index is 0.0935. The monoisotopic (exact) mass is 282 g/mol. The lowest BCUT2D eigenvalue weighted by Crippen LogP contribution is -2.46. The summed E-state index contributed by atoms with van der Waals surface area (Å²) in [6.45, 7) is 10.5. The molecule has 0 spiro atoms. The van der Waals surface area contributed by atoms with Crippen LogP contribution < -0.4 is 0 Å². The molecule has 1 aromatic rings. The summed E-state index contributed by atoms with van der Waals surface area (Å²) in [6, 6.07) is 0. The van der Waals surface area contributed by atoms with E-state index in [9.17, 15) is 0 Å². The van der Waals surface area contributed by atoms with Gasteiger partial charge in [0.1, 0.15) is 0 Å². The number of morpholine rings is 1.